The zero-order valence-electron chi connectivity index (χ0n) is 13.7. The van der Waals surface area contributed by atoms with Crippen LogP contribution in [0.15, 0.2) is 24.3 Å². The van der Waals surface area contributed by atoms with Crippen LogP contribution in [0.5, 0.6) is 0 Å². The van der Waals surface area contributed by atoms with Crippen LogP contribution in [-0.4, -0.2) is 22.9 Å². The van der Waals surface area contributed by atoms with Crippen LogP contribution in [0.2, 0.25) is 0 Å². The summed E-state index contributed by atoms with van der Waals surface area (Å²) in [6.45, 7) is 3.17. The van der Waals surface area contributed by atoms with Gasteiger partial charge >= 0.3 is 0 Å². The summed E-state index contributed by atoms with van der Waals surface area (Å²) >= 11 is 0. The second-order valence-electron chi connectivity index (χ2n) is 6.74. The van der Waals surface area contributed by atoms with Gasteiger partial charge in [-0.25, -0.2) is 5.01 Å². The summed E-state index contributed by atoms with van der Waals surface area (Å²) in [4.78, 5) is 24.3. The van der Waals surface area contributed by atoms with Gasteiger partial charge in [0.1, 0.15) is 6.04 Å². The minimum atomic E-state index is -0.507. The van der Waals surface area contributed by atoms with Gasteiger partial charge in [-0.05, 0) is 36.8 Å². The van der Waals surface area contributed by atoms with Crippen molar-refractivity contribution in [3.05, 3.63) is 35.4 Å². The van der Waals surface area contributed by atoms with E-state index in [1.54, 1.807) is 6.92 Å². The van der Waals surface area contributed by atoms with Crippen molar-refractivity contribution in [3.63, 3.8) is 0 Å². The predicted octanol–water partition coefficient (Wildman–Crippen LogP) is 2.12. The normalized spacial score (nSPS) is 19.3. The lowest BCUT2D eigenvalue weighted by molar-refractivity contribution is -0.132. The molecule has 0 spiro atoms. The molecule has 23 heavy (non-hydrogen) atoms. The summed E-state index contributed by atoms with van der Waals surface area (Å²) in [5.74, 6) is 0.333. The van der Waals surface area contributed by atoms with E-state index in [0.29, 0.717) is 25.4 Å². The minimum absolute atomic E-state index is 0.00995. The number of nitrogens with one attached hydrogen (secondary N) is 2. The first-order chi connectivity index (χ1) is 11.1. The van der Waals surface area contributed by atoms with Crippen molar-refractivity contribution in [2.24, 2.45) is 5.92 Å². The third kappa shape index (κ3) is 4.10. The molecule has 0 saturated heterocycles. The second kappa shape index (κ2) is 7.13. The van der Waals surface area contributed by atoms with Gasteiger partial charge in [0, 0.05) is 19.5 Å². The molecule has 5 nitrogen and oxygen atoms in total. The standard InChI is InChI=1S/C18H25N3O2/c1-13(19-17(22)10-14-6-2-3-7-14)18(23)20-21-11-15-8-4-5-9-16(15)12-21/h4-5,8-9,13-14H,2-3,6-7,10-12H2,1H3,(H,19,22)(H,20,23). The molecule has 5 heteroatoms. The topological polar surface area (TPSA) is 61.4 Å². The summed E-state index contributed by atoms with van der Waals surface area (Å²) in [6.07, 6.45) is 5.28. The monoisotopic (exact) mass is 315 g/mol. The molecule has 0 radical (unpaired) electrons. The fourth-order valence-electron chi connectivity index (χ4n) is 3.51. The predicted molar refractivity (Wildman–Crippen MR) is 88.0 cm³/mol. The average Bonchev–Trinajstić information content (AvgIpc) is 3.15. The van der Waals surface area contributed by atoms with Crippen LogP contribution in [-0.2, 0) is 22.7 Å². The van der Waals surface area contributed by atoms with Crippen molar-refractivity contribution in [2.45, 2.75) is 58.2 Å². The van der Waals surface area contributed by atoms with Crippen LogP contribution in [0.3, 0.4) is 0 Å². The Morgan fingerprint density at radius 3 is 2.39 bits per heavy atom. The number of amides is 2. The van der Waals surface area contributed by atoms with Crippen molar-refractivity contribution < 1.29 is 9.59 Å². The molecule has 0 aromatic heterocycles. The van der Waals surface area contributed by atoms with Crippen molar-refractivity contribution >= 4 is 11.8 Å². The number of nitrogens with zero attached hydrogens (tertiary/aromatic N) is 1. The molecular formula is C18H25N3O2. The molecule has 1 aliphatic carbocycles. The summed E-state index contributed by atoms with van der Waals surface area (Å²) in [7, 11) is 0. The Kier molecular flexibility index (Phi) is 4.96. The first kappa shape index (κ1) is 16.0. The van der Waals surface area contributed by atoms with Crippen LogP contribution in [0.4, 0.5) is 0 Å². The molecule has 1 fully saturated rings. The highest BCUT2D eigenvalue weighted by Gasteiger charge is 2.24. The van der Waals surface area contributed by atoms with E-state index >= 15 is 0 Å². The van der Waals surface area contributed by atoms with Crippen LogP contribution in [0, 0.1) is 5.92 Å². The van der Waals surface area contributed by atoms with E-state index < -0.39 is 6.04 Å². The van der Waals surface area contributed by atoms with Crippen LogP contribution < -0.4 is 10.7 Å². The van der Waals surface area contributed by atoms with Gasteiger partial charge < -0.3 is 5.32 Å². The Balaban J connectivity index is 1.44. The number of carbonyl (C=O) groups excluding carboxylic acids is 2. The van der Waals surface area contributed by atoms with Gasteiger partial charge in [-0.2, -0.15) is 0 Å². The fraction of sp³-hybridized carbons (Fsp3) is 0.556. The van der Waals surface area contributed by atoms with Crippen LogP contribution in [0.1, 0.15) is 50.2 Å². The van der Waals surface area contributed by atoms with Gasteiger partial charge in [-0.3, -0.25) is 15.0 Å². The third-order valence-electron chi connectivity index (χ3n) is 4.83. The average molecular weight is 315 g/mol. The Bertz CT molecular complexity index is 556. The second-order valence-corrected chi connectivity index (χ2v) is 6.74. The van der Waals surface area contributed by atoms with Gasteiger partial charge in [0.05, 0.1) is 0 Å². The number of benzene rings is 1. The molecule has 1 aromatic carbocycles. The van der Waals surface area contributed by atoms with E-state index in [1.807, 2.05) is 17.1 Å². The molecule has 1 aromatic rings. The molecular weight excluding hydrogens is 290 g/mol. The summed E-state index contributed by atoms with van der Waals surface area (Å²) < 4.78 is 0. The molecule has 124 valence electrons. The zero-order chi connectivity index (χ0) is 16.2. The van der Waals surface area contributed by atoms with E-state index in [4.69, 9.17) is 0 Å². The maximum absolute atomic E-state index is 12.3. The third-order valence-corrected chi connectivity index (χ3v) is 4.83. The fourth-order valence-corrected chi connectivity index (χ4v) is 3.51. The lowest BCUT2D eigenvalue weighted by Gasteiger charge is -2.21. The first-order valence-corrected chi connectivity index (χ1v) is 8.53. The SMILES string of the molecule is CC(NC(=O)CC1CCCC1)C(=O)NN1Cc2ccccc2C1. The smallest absolute Gasteiger partial charge is 0.256 e. The summed E-state index contributed by atoms with van der Waals surface area (Å²) in [5, 5.41) is 4.72. The van der Waals surface area contributed by atoms with E-state index in [-0.39, 0.29) is 11.8 Å². The number of fused-ring (bicyclic) bond motifs is 1. The molecule has 1 unspecified atom stereocenters. The minimum Gasteiger partial charge on any atom is -0.345 e. The first-order valence-electron chi connectivity index (χ1n) is 8.53. The molecule has 1 heterocycles. The van der Waals surface area contributed by atoms with Gasteiger partial charge in [0.2, 0.25) is 5.91 Å². The number of carbonyl (C=O) groups is 2. The van der Waals surface area contributed by atoms with E-state index in [1.165, 1.54) is 24.0 Å². The molecule has 0 bridgehead atoms. The van der Waals surface area contributed by atoms with Crippen molar-refractivity contribution in [3.8, 4) is 0 Å². The molecule has 1 saturated carbocycles. The maximum atomic E-state index is 12.3. The summed E-state index contributed by atoms with van der Waals surface area (Å²) in [5.41, 5.74) is 5.39. The van der Waals surface area contributed by atoms with Crippen molar-refractivity contribution in [1.29, 1.82) is 0 Å². The van der Waals surface area contributed by atoms with Gasteiger partial charge in [-0.15, -0.1) is 0 Å². The summed E-state index contributed by atoms with van der Waals surface area (Å²) in [6, 6.07) is 7.67. The molecule has 2 amide bonds. The highest BCUT2D eigenvalue weighted by Crippen LogP contribution is 2.27. The van der Waals surface area contributed by atoms with Gasteiger partial charge in [0.15, 0.2) is 0 Å². The molecule has 1 aliphatic heterocycles. The highest BCUT2D eigenvalue weighted by molar-refractivity contribution is 5.87. The number of hydrogen-bond donors (Lipinski definition) is 2. The Morgan fingerprint density at radius 1 is 1.17 bits per heavy atom. The van der Waals surface area contributed by atoms with Gasteiger partial charge in [-0.1, -0.05) is 37.1 Å². The number of hydrazine groups is 1. The Labute approximate surface area is 137 Å². The van der Waals surface area contributed by atoms with E-state index in [0.717, 1.165) is 12.8 Å². The molecule has 2 aliphatic rings. The molecule has 2 N–H and O–H groups in total. The lowest BCUT2D eigenvalue weighted by Crippen LogP contribution is -2.49. The van der Waals surface area contributed by atoms with Crippen molar-refractivity contribution in [2.75, 3.05) is 0 Å². The lowest BCUT2D eigenvalue weighted by atomic mass is 10.0. The largest absolute Gasteiger partial charge is 0.345 e. The van der Waals surface area contributed by atoms with E-state index in [9.17, 15) is 9.59 Å². The van der Waals surface area contributed by atoms with Gasteiger partial charge in [0.25, 0.3) is 5.91 Å². The number of hydrogen-bond acceptors (Lipinski definition) is 3. The quantitative estimate of drug-likeness (QED) is 0.875. The zero-order valence-corrected chi connectivity index (χ0v) is 13.7. The number of rotatable bonds is 5. The maximum Gasteiger partial charge on any atom is 0.256 e. The van der Waals surface area contributed by atoms with Crippen molar-refractivity contribution in [1.82, 2.24) is 15.8 Å². The molecule has 1 atom stereocenters. The van der Waals surface area contributed by atoms with Crippen LogP contribution in [0.25, 0.3) is 0 Å². The Morgan fingerprint density at radius 2 is 1.78 bits per heavy atom. The Hall–Kier alpha value is -1.88. The van der Waals surface area contributed by atoms with E-state index in [2.05, 4.69) is 22.9 Å². The van der Waals surface area contributed by atoms with Crippen LogP contribution >= 0.6 is 0 Å². The highest BCUT2D eigenvalue weighted by atomic mass is 16.2. The molecule has 3 rings (SSSR count).